The maximum atomic E-state index is 11.0. The van der Waals surface area contributed by atoms with E-state index in [9.17, 15) is 4.79 Å². The van der Waals surface area contributed by atoms with Gasteiger partial charge in [-0.05, 0) is 30.7 Å². The van der Waals surface area contributed by atoms with Crippen LogP contribution in [0.1, 0.15) is 12.5 Å². The molecule has 1 aliphatic heterocycles. The molecule has 0 spiro atoms. The van der Waals surface area contributed by atoms with Crippen molar-refractivity contribution < 1.29 is 9.53 Å². The number of nitrogens with one attached hydrogen (secondary N) is 1. The van der Waals surface area contributed by atoms with Gasteiger partial charge in [-0.3, -0.25) is 4.79 Å². The van der Waals surface area contributed by atoms with E-state index in [1.165, 1.54) is 18.2 Å². The molecule has 1 fully saturated rings. The van der Waals surface area contributed by atoms with E-state index in [0.29, 0.717) is 0 Å². The van der Waals surface area contributed by atoms with E-state index < -0.39 is 0 Å². The second kappa shape index (κ2) is 5.19. The monoisotopic (exact) mass is 234 g/mol. The molecule has 4 heteroatoms. The third-order valence-corrected chi connectivity index (χ3v) is 2.87. The first kappa shape index (κ1) is 11.9. The van der Waals surface area contributed by atoms with E-state index in [1.807, 2.05) is 12.1 Å². The number of morpholine rings is 1. The lowest BCUT2D eigenvalue weighted by molar-refractivity contribution is -0.114. The molecule has 92 valence electrons. The molecule has 1 aromatic carbocycles. The van der Waals surface area contributed by atoms with Crippen LogP contribution in [-0.4, -0.2) is 32.2 Å². The van der Waals surface area contributed by atoms with Crippen molar-refractivity contribution in [1.82, 2.24) is 0 Å². The summed E-state index contributed by atoms with van der Waals surface area (Å²) in [5.41, 5.74) is 3.26. The third-order valence-electron chi connectivity index (χ3n) is 2.87. The van der Waals surface area contributed by atoms with Crippen LogP contribution in [0.25, 0.3) is 0 Å². The molecular weight excluding hydrogens is 216 g/mol. The van der Waals surface area contributed by atoms with Crippen LogP contribution < -0.4 is 10.2 Å². The second-order valence-corrected chi connectivity index (χ2v) is 4.28. The van der Waals surface area contributed by atoms with Crippen LogP contribution in [0, 0.1) is 6.92 Å². The summed E-state index contributed by atoms with van der Waals surface area (Å²) >= 11 is 0. The summed E-state index contributed by atoms with van der Waals surface area (Å²) in [5, 5.41) is 2.79. The van der Waals surface area contributed by atoms with Crippen molar-refractivity contribution in [2.24, 2.45) is 0 Å². The number of rotatable bonds is 2. The number of anilines is 2. The molecule has 0 bridgehead atoms. The van der Waals surface area contributed by atoms with Gasteiger partial charge in [0.2, 0.25) is 5.91 Å². The van der Waals surface area contributed by atoms with Crippen molar-refractivity contribution in [2.75, 3.05) is 36.5 Å². The summed E-state index contributed by atoms with van der Waals surface area (Å²) in [6.07, 6.45) is 0. The zero-order valence-electron chi connectivity index (χ0n) is 10.3. The smallest absolute Gasteiger partial charge is 0.221 e. The summed E-state index contributed by atoms with van der Waals surface area (Å²) < 4.78 is 5.34. The van der Waals surface area contributed by atoms with Crippen molar-refractivity contribution in [2.45, 2.75) is 13.8 Å². The first-order valence-electron chi connectivity index (χ1n) is 5.88. The fourth-order valence-electron chi connectivity index (χ4n) is 2.10. The molecule has 0 saturated carbocycles. The molecule has 1 amide bonds. The van der Waals surface area contributed by atoms with Crippen molar-refractivity contribution >= 4 is 17.3 Å². The summed E-state index contributed by atoms with van der Waals surface area (Å²) in [6.45, 7) is 7.02. The van der Waals surface area contributed by atoms with Gasteiger partial charge in [0.25, 0.3) is 0 Å². The molecule has 0 radical (unpaired) electrons. The predicted octanol–water partition coefficient (Wildman–Crippen LogP) is 1.79. The van der Waals surface area contributed by atoms with Gasteiger partial charge >= 0.3 is 0 Å². The average molecular weight is 234 g/mol. The van der Waals surface area contributed by atoms with Gasteiger partial charge in [-0.15, -0.1) is 0 Å². The predicted molar refractivity (Wildman–Crippen MR) is 68.5 cm³/mol. The molecule has 2 rings (SSSR count). The molecule has 0 aromatic heterocycles. The number of aryl methyl sites for hydroxylation is 1. The SMILES string of the molecule is CC(=O)Nc1ccc(N2CCOCC2)c(C)c1. The van der Waals surface area contributed by atoms with Crippen LogP contribution in [0.4, 0.5) is 11.4 Å². The first-order chi connectivity index (χ1) is 8.16. The summed E-state index contributed by atoms with van der Waals surface area (Å²) in [7, 11) is 0. The van der Waals surface area contributed by atoms with Gasteiger partial charge in [-0.25, -0.2) is 0 Å². The van der Waals surface area contributed by atoms with Crippen LogP contribution in [0.2, 0.25) is 0 Å². The Morgan fingerprint density at radius 3 is 2.65 bits per heavy atom. The van der Waals surface area contributed by atoms with Crippen LogP contribution in [-0.2, 0) is 9.53 Å². The van der Waals surface area contributed by atoms with Crippen LogP contribution in [0.5, 0.6) is 0 Å². The number of hydrogen-bond donors (Lipinski definition) is 1. The topological polar surface area (TPSA) is 41.6 Å². The summed E-state index contributed by atoms with van der Waals surface area (Å²) in [5.74, 6) is -0.0384. The van der Waals surface area contributed by atoms with Crippen LogP contribution in [0.3, 0.4) is 0 Å². The largest absolute Gasteiger partial charge is 0.378 e. The first-order valence-corrected chi connectivity index (χ1v) is 5.88. The van der Waals surface area contributed by atoms with Gasteiger partial charge < -0.3 is 15.0 Å². The molecule has 1 N–H and O–H groups in total. The normalized spacial score (nSPS) is 15.8. The van der Waals surface area contributed by atoms with Crippen LogP contribution >= 0.6 is 0 Å². The number of nitrogens with zero attached hydrogens (tertiary/aromatic N) is 1. The average Bonchev–Trinajstić information content (AvgIpc) is 2.29. The van der Waals surface area contributed by atoms with Crippen molar-refractivity contribution in [3.63, 3.8) is 0 Å². The standard InChI is InChI=1S/C13H18N2O2/c1-10-9-12(14-11(2)16)3-4-13(10)15-5-7-17-8-6-15/h3-4,9H,5-8H2,1-2H3,(H,14,16). The minimum absolute atomic E-state index is 0.0384. The highest BCUT2D eigenvalue weighted by molar-refractivity contribution is 5.89. The maximum Gasteiger partial charge on any atom is 0.221 e. The third kappa shape index (κ3) is 2.97. The van der Waals surface area contributed by atoms with Gasteiger partial charge in [0.15, 0.2) is 0 Å². The van der Waals surface area contributed by atoms with Gasteiger partial charge in [0, 0.05) is 31.4 Å². The molecule has 0 aliphatic carbocycles. The summed E-state index contributed by atoms with van der Waals surface area (Å²) in [6, 6.07) is 6.01. The van der Waals surface area contributed by atoms with E-state index in [4.69, 9.17) is 4.74 Å². The minimum atomic E-state index is -0.0384. The number of benzene rings is 1. The van der Waals surface area contributed by atoms with E-state index in [0.717, 1.165) is 32.0 Å². The lowest BCUT2D eigenvalue weighted by Gasteiger charge is -2.30. The Balaban J connectivity index is 2.15. The number of hydrogen-bond acceptors (Lipinski definition) is 3. The van der Waals surface area contributed by atoms with E-state index in [1.54, 1.807) is 0 Å². The number of carbonyl (C=O) groups excluding carboxylic acids is 1. The molecule has 1 aromatic rings. The molecule has 1 aliphatic rings. The Morgan fingerprint density at radius 2 is 2.06 bits per heavy atom. The highest BCUT2D eigenvalue weighted by atomic mass is 16.5. The van der Waals surface area contributed by atoms with Gasteiger partial charge in [0.05, 0.1) is 13.2 Å². The molecule has 0 unspecified atom stereocenters. The Hall–Kier alpha value is -1.55. The van der Waals surface area contributed by atoms with E-state index in [-0.39, 0.29) is 5.91 Å². The molecular formula is C13H18N2O2. The van der Waals surface area contributed by atoms with Gasteiger partial charge in [-0.2, -0.15) is 0 Å². The molecule has 0 atom stereocenters. The van der Waals surface area contributed by atoms with Crippen LogP contribution in [0.15, 0.2) is 18.2 Å². The molecule has 17 heavy (non-hydrogen) atoms. The van der Waals surface area contributed by atoms with Crippen molar-refractivity contribution in [1.29, 1.82) is 0 Å². The quantitative estimate of drug-likeness (QED) is 0.848. The zero-order valence-corrected chi connectivity index (χ0v) is 10.3. The van der Waals surface area contributed by atoms with E-state index in [2.05, 4.69) is 23.2 Å². The number of carbonyl (C=O) groups is 1. The fourth-order valence-corrected chi connectivity index (χ4v) is 2.10. The van der Waals surface area contributed by atoms with Crippen molar-refractivity contribution in [3.8, 4) is 0 Å². The number of ether oxygens (including phenoxy) is 1. The Labute approximate surface area is 102 Å². The van der Waals surface area contributed by atoms with Gasteiger partial charge in [-0.1, -0.05) is 0 Å². The lowest BCUT2D eigenvalue weighted by atomic mass is 10.1. The Morgan fingerprint density at radius 1 is 1.35 bits per heavy atom. The highest BCUT2D eigenvalue weighted by Gasteiger charge is 2.13. The molecule has 1 heterocycles. The highest BCUT2D eigenvalue weighted by Crippen LogP contribution is 2.24. The summed E-state index contributed by atoms with van der Waals surface area (Å²) in [4.78, 5) is 13.3. The lowest BCUT2D eigenvalue weighted by Crippen LogP contribution is -2.36. The van der Waals surface area contributed by atoms with Crippen molar-refractivity contribution in [3.05, 3.63) is 23.8 Å². The van der Waals surface area contributed by atoms with Gasteiger partial charge in [0.1, 0.15) is 0 Å². The molecule has 4 nitrogen and oxygen atoms in total. The second-order valence-electron chi connectivity index (χ2n) is 4.28. The van der Waals surface area contributed by atoms with E-state index >= 15 is 0 Å². The Bertz CT molecular complexity index is 412. The fraction of sp³-hybridized carbons (Fsp3) is 0.462. The Kier molecular flexibility index (Phi) is 3.64. The minimum Gasteiger partial charge on any atom is -0.378 e. The number of amides is 1. The maximum absolute atomic E-state index is 11.0. The zero-order chi connectivity index (χ0) is 12.3. The molecule has 1 saturated heterocycles.